The summed E-state index contributed by atoms with van der Waals surface area (Å²) in [6.07, 6.45) is 1.67. The van der Waals surface area contributed by atoms with Gasteiger partial charge in [-0.15, -0.1) is 12.4 Å². The van der Waals surface area contributed by atoms with Crippen molar-refractivity contribution in [2.45, 2.75) is 6.92 Å². The Balaban J connectivity index is 0.000000720. The van der Waals surface area contributed by atoms with Gasteiger partial charge in [0, 0.05) is 5.69 Å². The molecule has 0 aliphatic carbocycles. The van der Waals surface area contributed by atoms with Gasteiger partial charge in [-0.3, -0.25) is 4.40 Å². The maximum absolute atomic E-state index is 5.68. The third kappa shape index (κ3) is 1.12. The highest BCUT2D eigenvalue weighted by Gasteiger charge is 1.99. The van der Waals surface area contributed by atoms with Crippen molar-refractivity contribution in [1.29, 1.82) is 0 Å². The molecule has 0 spiro atoms. The molecule has 0 aromatic carbocycles. The van der Waals surface area contributed by atoms with E-state index in [1.165, 1.54) is 0 Å². The van der Waals surface area contributed by atoms with Gasteiger partial charge in [0.1, 0.15) is 11.5 Å². The predicted octanol–water partition coefficient (Wildman–Crippen LogP) is 1.65. The molecule has 64 valence electrons. The summed E-state index contributed by atoms with van der Waals surface area (Å²) in [5.74, 6) is 0.693. The molecule has 0 saturated heterocycles. The Morgan fingerprint density at radius 3 is 2.83 bits per heavy atom. The van der Waals surface area contributed by atoms with Gasteiger partial charge in [-0.25, -0.2) is 4.98 Å². The fourth-order valence-corrected chi connectivity index (χ4v) is 1.23. The van der Waals surface area contributed by atoms with E-state index in [4.69, 9.17) is 5.73 Å². The Labute approximate surface area is 76.6 Å². The van der Waals surface area contributed by atoms with E-state index in [9.17, 15) is 0 Å². The lowest BCUT2D eigenvalue weighted by Gasteiger charge is -1.99. The SMILES string of the molecule is Cc1cccc2ncc(N)n12.Cl. The number of hydrogen-bond acceptors (Lipinski definition) is 2. The normalized spacial score (nSPS) is 9.75. The molecular formula is C8H10ClN3. The number of nitrogens with zero attached hydrogens (tertiary/aromatic N) is 2. The lowest BCUT2D eigenvalue weighted by molar-refractivity contribution is 1.10. The van der Waals surface area contributed by atoms with Crippen molar-refractivity contribution in [2.24, 2.45) is 0 Å². The molecule has 0 saturated carbocycles. The standard InChI is InChI=1S/C8H9N3.ClH/c1-6-3-2-4-8-10-5-7(9)11(6)8;/h2-5H,9H2,1H3;1H. The van der Waals surface area contributed by atoms with Crippen LogP contribution in [0.5, 0.6) is 0 Å². The van der Waals surface area contributed by atoms with E-state index in [-0.39, 0.29) is 12.4 Å². The van der Waals surface area contributed by atoms with Crippen LogP contribution in [-0.2, 0) is 0 Å². The first-order valence-electron chi connectivity index (χ1n) is 3.47. The second kappa shape index (κ2) is 3.03. The molecule has 0 atom stereocenters. The van der Waals surface area contributed by atoms with Crippen LogP contribution in [0, 0.1) is 6.92 Å². The number of fused-ring (bicyclic) bond motifs is 1. The number of halogens is 1. The van der Waals surface area contributed by atoms with Crippen molar-refractivity contribution in [3.8, 4) is 0 Å². The van der Waals surface area contributed by atoms with Crippen LogP contribution < -0.4 is 5.73 Å². The summed E-state index contributed by atoms with van der Waals surface area (Å²) in [5.41, 5.74) is 7.69. The molecule has 2 rings (SSSR count). The minimum atomic E-state index is 0. The van der Waals surface area contributed by atoms with Crippen molar-refractivity contribution in [3.05, 3.63) is 30.1 Å². The average molecular weight is 184 g/mol. The van der Waals surface area contributed by atoms with Gasteiger partial charge >= 0.3 is 0 Å². The van der Waals surface area contributed by atoms with Crippen LogP contribution in [0.25, 0.3) is 5.65 Å². The highest BCUT2D eigenvalue weighted by atomic mass is 35.5. The molecule has 0 amide bonds. The van der Waals surface area contributed by atoms with Gasteiger partial charge in [-0.05, 0) is 19.1 Å². The number of imidazole rings is 1. The number of anilines is 1. The topological polar surface area (TPSA) is 43.3 Å². The van der Waals surface area contributed by atoms with Gasteiger partial charge in [-0.1, -0.05) is 6.07 Å². The van der Waals surface area contributed by atoms with Crippen LogP contribution in [0.4, 0.5) is 5.82 Å². The summed E-state index contributed by atoms with van der Waals surface area (Å²) < 4.78 is 1.92. The average Bonchev–Trinajstić information content (AvgIpc) is 2.34. The molecule has 0 fully saturated rings. The Morgan fingerprint density at radius 1 is 1.42 bits per heavy atom. The quantitative estimate of drug-likeness (QED) is 0.675. The number of nitrogens with two attached hydrogens (primary N) is 1. The minimum absolute atomic E-state index is 0. The zero-order valence-corrected chi connectivity index (χ0v) is 7.51. The van der Waals surface area contributed by atoms with E-state index in [2.05, 4.69) is 4.98 Å². The number of aryl methyl sites for hydroxylation is 1. The molecule has 4 heteroatoms. The minimum Gasteiger partial charge on any atom is -0.383 e. The zero-order valence-electron chi connectivity index (χ0n) is 6.69. The van der Waals surface area contributed by atoms with Crippen molar-refractivity contribution in [1.82, 2.24) is 9.38 Å². The molecule has 0 unspecified atom stereocenters. The van der Waals surface area contributed by atoms with E-state index >= 15 is 0 Å². The van der Waals surface area contributed by atoms with Crippen LogP contribution in [0.3, 0.4) is 0 Å². The van der Waals surface area contributed by atoms with Crippen LogP contribution in [0.15, 0.2) is 24.4 Å². The van der Waals surface area contributed by atoms with Gasteiger partial charge in [0.05, 0.1) is 6.20 Å². The lowest BCUT2D eigenvalue weighted by atomic mass is 10.4. The third-order valence-electron chi connectivity index (χ3n) is 1.75. The molecule has 0 aliphatic rings. The summed E-state index contributed by atoms with van der Waals surface area (Å²) >= 11 is 0. The molecule has 2 N–H and O–H groups in total. The Bertz CT molecular complexity index is 394. The van der Waals surface area contributed by atoms with Gasteiger partial charge in [0.15, 0.2) is 0 Å². The van der Waals surface area contributed by atoms with E-state index in [0.29, 0.717) is 5.82 Å². The van der Waals surface area contributed by atoms with Crippen molar-refractivity contribution in [3.63, 3.8) is 0 Å². The van der Waals surface area contributed by atoms with E-state index in [0.717, 1.165) is 11.3 Å². The van der Waals surface area contributed by atoms with Gasteiger partial charge in [-0.2, -0.15) is 0 Å². The van der Waals surface area contributed by atoms with Crippen LogP contribution in [0.2, 0.25) is 0 Å². The number of hydrogen-bond donors (Lipinski definition) is 1. The van der Waals surface area contributed by atoms with E-state index in [1.54, 1.807) is 6.20 Å². The number of nitrogen functional groups attached to an aromatic ring is 1. The highest BCUT2D eigenvalue weighted by molar-refractivity contribution is 5.85. The fourth-order valence-electron chi connectivity index (χ4n) is 1.23. The summed E-state index contributed by atoms with van der Waals surface area (Å²) in [6.45, 7) is 2.00. The van der Waals surface area contributed by atoms with E-state index in [1.807, 2.05) is 29.5 Å². The summed E-state index contributed by atoms with van der Waals surface area (Å²) in [5, 5.41) is 0. The fraction of sp³-hybridized carbons (Fsp3) is 0.125. The number of rotatable bonds is 0. The first-order valence-corrected chi connectivity index (χ1v) is 3.47. The second-order valence-corrected chi connectivity index (χ2v) is 2.54. The van der Waals surface area contributed by atoms with Crippen LogP contribution in [-0.4, -0.2) is 9.38 Å². The monoisotopic (exact) mass is 183 g/mol. The molecule has 2 heterocycles. The smallest absolute Gasteiger partial charge is 0.138 e. The molecule has 2 aromatic rings. The third-order valence-corrected chi connectivity index (χ3v) is 1.75. The summed E-state index contributed by atoms with van der Waals surface area (Å²) in [7, 11) is 0. The van der Waals surface area contributed by atoms with Gasteiger partial charge in [0.2, 0.25) is 0 Å². The maximum atomic E-state index is 5.68. The predicted molar refractivity (Wildman–Crippen MR) is 51.6 cm³/mol. The van der Waals surface area contributed by atoms with E-state index < -0.39 is 0 Å². The highest BCUT2D eigenvalue weighted by Crippen LogP contribution is 2.10. The summed E-state index contributed by atoms with van der Waals surface area (Å²) in [4.78, 5) is 4.12. The molecule has 0 bridgehead atoms. The molecule has 0 radical (unpaired) electrons. The van der Waals surface area contributed by atoms with Gasteiger partial charge in [0.25, 0.3) is 0 Å². The first kappa shape index (κ1) is 8.87. The largest absolute Gasteiger partial charge is 0.383 e. The Hall–Kier alpha value is -1.22. The van der Waals surface area contributed by atoms with Crippen molar-refractivity contribution < 1.29 is 0 Å². The summed E-state index contributed by atoms with van der Waals surface area (Å²) in [6, 6.07) is 5.91. The molecule has 0 aliphatic heterocycles. The zero-order chi connectivity index (χ0) is 7.84. The number of pyridine rings is 1. The van der Waals surface area contributed by atoms with Crippen molar-refractivity contribution >= 4 is 23.9 Å². The first-order chi connectivity index (χ1) is 5.29. The maximum Gasteiger partial charge on any atom is 0.138 e. The molecular weight excluding hydrogens is 174 g/mol. The van der Waals surface area contributed by atoms with Crippen LogP contribution in [0.1, 0.15) is 5.69 Å². The second-order valence-electron chi connectivity index (χ2n) is 2.54. The van der Waals surface area contributed by atoms with Crippen molar-refractivity contribution in [2.75, 3.05) is 5.73 Å². The molecule has 3 nitrogen and oxygen atoms in total. The Kier molecular flexibility index (Phi) is 2.24. The lowest BCUT2D eigenvalue weighted by Crippen LogP contribution is -1.95. The molecule has 12 heavy (non-hydrogen) atoms. The van der Waals surface area contributed by atoms with Crippen LogP contribution >= 0.6 is 12.4 Å². The number of aromatic nitrogens is 2. The molecule has 2 aromatic heterocycles. The Morgan fingerprint density at radius 2 is 2.17 bits per heavy atom. The van der Waals surface area contributed by atoms with Gasteiger partial charge < -0.3 is 5.73 Å².